The molecule has 0 saturated heterocycles. The average molecular weight is 380 g/mol. The van der Waals surface area contributed by atoms with Gasteiger partial charge in [0.05, 0.1) is 0 Å². The number of ketones is 1. The van der Waals surface area contributed by atoms with Gasteiger partial charge in [0.25, 0.3) is 0 Å². The predicted molar refractivity (Wildman–Crippen MR) is 109 cm³/mol. The number of hydrogen-bond acceptors (Lipinski definition) is 5. The first-order valence-corrected chi connectivity index (χ1v) is 10.1. The highest BCUT2D eigenvalue weighted by Crippen LogP contribution is 2.15. The molecule has 0 amide bonds. The number of Topliss-reactive ketones (excluding diaryl/α,β-unsaturated/α-hetero) is 1. The van der Waals surface area contributed by atoms with Crippen LogP contribution in [0.3, 0.4) is 0 Å². The molecule has 0 aliphatic heterocycles. The van der Waals surface area contributed by atoms with E-state index in [1.54, 1.807) is 12.3 Å². The summed E-state index contributed by atoms with van der Waals surface area (Å²) in [5.41, 5.74) is 2.60. The monoisotopic (exact) mass is 380 g/mol. The minimum atomic E-state index is -0.0754. The number of fused-ring (bicyclic) bond motifs is 1. The molecule has 0 unspecified atom stereocenters. The van der Waals surface area contributed by atoms with E-state index in [-0.39, 0.29) is 18.9 Å². The van der Waals surface area contributed by atoms with Gasteiger partial charge in [-0.3, -0.25) is 4.79 Å². The van der Waals surface area contributed by atoms with Crippen molar-refractivity contribution in [3.8, 4) is 5.75 Å². The first-order chi connectivity index (χ1) is 13.8. The van der Waals surface area contributed by atoms with Gasteiger partial charge in [-0.05, 0) is 42.7 Å². The number of hydrogen-bond donors (Lipinski definition) is 0. The summed E-state index contributed by atoms with van der Waals surface area (Å²) < 4.78 is 7.13. The molecule has 2 aromatic heterocycles. The highest BCUT2D eigenvalue weighted by Gasteiger charge is 2.10. The van der Waals surface area contributed by atoms with Crippen LogP contribution in [-0.4, -0.2) is 32.4 Å². The van der Waals surface area contributed by atoms with Crippen molar-refractivity contribution in [1.29, 1.82) is 0 Å². The second kappa shape index (κ2) is 10.5. The van der Waals surface area contributed by atoms with Gasteiger partial charge in [0.1, 0.15) is 24.4 Å². The molecule has 3 aromatic rings. The summed E-state index contributed by atoms with van der Waals surface area (Å²) in [6.45, 7) is 2.35. The van der Waals surface area contributed by atoms with Gasteiger partial charge in [-0.1, -0.05) is 56.4 Å². The molecule has 148 valence electrons. The minimum absolute atomic E-state index is 0.00492. The van der Waals surface area contributed by atoms with Crippen molar-refractivity contribution < 1.29 is 9.53 Å². The lowest BCUT2D eigenvalue weighted by atomic mass is 10.0. The van der Waals surface area contributed by atoms with Gasteiger partial charge in [0.2, 0.25) is 0 Å². The summed E-state index contributed by atoms with van der Waals surface area (Å²) in [6.07, 6.45) is 10.6. The maximum absolute atomic E-state index is 12.2. The van der Waals surface area contributed by atoms with Crippen LogP contribution in [0.15, 0.2) is 42.6 Å². The lowest BCUT2D eigenvalue weighted by molar-refractivity contribution is -0.121. The summed E-state index contributed by atoms with van der Waals surface area (Å²) >= 11 is 0. The predicted octanol–water partition coefficient (Wildman–Crippen LogP) is 4.38. The fourth-order valence-corrected chi connectivity index (χ4v) is 3.15. The van der Waals surface area contributed by atoms with E-state index < -0.39 is 0 Å². The second-order valence-corrected chi connectivity index (χ2v) is 7.08. The van der Waals surface area contributed by atoms with Gasteiger partial charge in [-0.25, -0.2) is 9.67 Å². The smallest absolute Gasteiger partial charge is 0.191 e. The molecule has 0 aliphatic carbocycles. The normalized spacial score (nSPS) is 11.0. The van der Waals surface area contributed by atoms with Crippen molar-refractivity contribution in [2.75, 3.05) is 6.61 Å². The maximum Gasteiger partial charge on any atom is 0.191 e. The van der Waals surface area contributed by atoms with Gasteiger partial charge < -0.3 is 4.74 Å². The molecule has 28 heavy (non-hydrogen) atoms. The Labute approximate surface area is 165 Å². The van der Waals surface area contributed by atoms with Crippen molar-refractivity contribution in [2.24, 2.45) is 0 Å². The van der Waals surface area contributed by atoms with E-state index in [2.05, 4.69) is 34.4 Å². The molecule has 6 nitrogen and oxygen atoms in total. The Balaban J connectivity index is 1.40. The number of unbranched alkanes of at least 4 members (excludes halogenated alkanes) is 5. The van der Waals surface area contributed by atoms with Crippen LogP contribution in [0.2, 0.25) is 0 Å². The second-order valence-electron chi connectivity index (χ2n) is 7.08. The van der Waals surface area contributed by atoms with Gasteiger partial charge in [-0.2, -0.15) is 0 Å². The summed E-state index contributed by atoms with van der Waals surface area (Å²) in [7, 11) is 0. The average Bonchev–Trinajstić information content (AvgIpc) is 3.13. The maximum atomic E-state index is 12.2. The van der Waals surface area contributed by atoms with Crippen molar-refractivity contribution in [2.45, 2.75) is 58.4 Å². The molecule has 0 fully saturated rings. The number of aromatic nitrogens is 4. The Morgan fingerprint density at radius 3 is 2.64 bits per heavy atom. The summed E-state index contributed by atoms with van der Waals surface area (Å²) in [6, 6.07) is 11.7. The van der Waals surface area contributed by atoms with E-state index in [1.165, 1.54) is 48.8 Å². The largest absolute Gasteiger partial charge is 0.486 e. The van der Waals surface area contributed by atoms with Crippen LogP contribution in [0.1, 0.15) is 51.0 Å². The first kappa shape index (κ1) is 20.0. The Hall–Kier alpha value is -2.76. The van der Waals surface area contributed by atoms with Crippen LogP contribution >= 0.6 is 0 Å². The molecule has 2 heterocycles. The van der Waals surface area contributed by atoms with E-state index in [4.69, 9.17) is 4.74 Å². The molecule has 6 heteroatoms. The van der Waals surface area contributed by atoms with Crippen molar-refractivity contribution in [3.63, 3.8) is 0 Å². The number of carbonyl (C=O) groups excluding carboxylic acids is 1. The summed E-state index contributed by atoms with van der Waals surface area (Å²) in [5, 5.41) is 7.98. The fraction of sp³-hybridized carbons (Fsp3) is 0.455. The number of carbonyl (C=O) groups is 1. The van der Waals surface area contributed by atoms with E-state index in [1.807, 2.05) is 18.2 Å². The SMILES string of the molecule is CCCCCCCCc1ccc(OCC(=O)Cn2nnc3cccnc32)cc1. The van der Waals surface area contributed by atoms with Crippen molar-refractivity contribution >= 4 is 16.9 Å². The third kappa shape index (κ3) is 5.87. The molecule has 1 aromatic carbocycles. The lowest BCUT2D eigenvalue weighted by Crippen LogP contribution is -2.19. The first-order valence-electron chi connectivity index (χ1n) is 10.1. The molecule has 0 radical (unpaired) electrons. The molecular weight excluding hydrogens is 352 g/mol. The van der Waals surface area contributed by atoms with Crippen LogP contribution in [0.25, 0.3) is 11.2 Å². The van der Waals surface area contributed by atoms with E-state index >= 15 is 0 Å². The van der Waals surface area contributed by atoms with Gasteiger partial charge >= 0.3 is 0 Å². The number of benzene rings is 1. The molecule has 0 N–H and O–H groups in total. The minimum Gasteiger partial charge on any atom is -0.486 e. The van der Waals surface area contributed by atoms with Gasteiger partial charge in [0.15, 0.2) is 11.4 Å². The zero-order valence-corrected chi connectivity index (χ0v) is 16.5. The standard InChI is InChI=1S/C22H28N4O2/c1-2-3-4-5-6-7-9-18-11-13-20(14-12-18)28-17-19(27)16-26-22-21(24-25-26)10-8-15-23-22/h8,10-15H,2-7,9,16-17H2,1H3. The third-order valence-electron chi connectivity index (χ3n) is 4.74. The lowest BCUT2D eigenvalue weighted by Gasteiger charge is -2.07. The topological polar surface area (TPSA) is 69.9 Å². The molecule has 0 aliphatic rings. The number of aryl methyl sites for hydroxylation is 1. The molecular formula is C22H28N4O2. The van der Waals surface area contributed by atoms with E-state index in [0.717, 1.165) is 6.42 Å². The number of pyridine rings is 1. The molecule has 0 atom stereocenters. The van der Waals surface area contributed by atoms with Crippen molar-refractivity contribution in [1.82, 2.24) is 20.0 Å². The Bertz CT molecular complexity index is 874. The quantitative estimate of drug-likeness (QED) is 0.436. The Kier molecular flexibility index (Phi) is 7.53. The molecule has 0 spiro atoms. The third-order valence-corrected chi connectivity index (χ3v) is 4.74. The van der Waals surface area contributed by atoms with Crippen LogP contribution in [0.4, 0.5) is 0 Å². The molecule has 0 bridgehead atoms. The van der Waals surface area contributed by atoms with Gasteiger partial charge in [-0.15, -0.1) is 5.10 Å². The van der Waals surface area contributed by atoms with Gasteiger partial charge in [0, 0.05) is 6.20 Å². The van der Waals surface area contributed by atoms with Crippen LogP contribution in [0, 0.1) is 0 Å². The van der Waals surface area contributed by atoms with Crippen molar-refractivity contribution in [3.05, 3.63) is 48.2 Å². The number of rotatable bonds is 12. The summed E-state index contributed by atoms with van der Waals surface area (Å²) in [5.74, 6) is 0.634. The van der Waals surface area contributed by atoms with Crippen LogP contribution in [-0.2, 0) is 17.8 Å². The Morgan fingerprint density at radius 2 is 1.82 bits per heavy atom. The highest BCUT2D eigenvalue weighted by atomic mass is 16.5. The number of ether oxygens (including phenoxy) is 1. The van der Waals surface area contributed by atoms with E-state index in [9.17, 15) is 4.79 Å². The molecule has 0 saturated carbocycles. The number of nitrogens with zero attached hydrogens (tertiary/aromatic N) is 4. The highest BCUT2D eigenvalue weighted by molar-refractivity contribution is 5.81. The summed E-state index contributed by atoms with van der Waals surface area (Å²) in [4.78, 5) is 16.4. The zero-order valence-electron chi connectivity index (χ0n) is 16.5. The van der Waals surface area contributed by atoms with E-state index in [0.29, 0.717) is 16.9 Å². The fourth-order valence-electron chi connectivity index (χ4n) is 3.15. The Morgan fingerprint density at radius 1 is 1.04 bits per heavy atom. The zero-order chi connectivity index (χ0) is 19.6. The molecule has 3 rings (SSSR count). The van der Waals surface area contributed by atoms with Crippen LogP contribution < -0.4 is 4.74 Å². The van der Waals surface area contributed by atoms with Crippen LogP contribution in [0.5, 0.6) is 5.75 Å².